The summed E-state index contributed by atoms with van der Waals surface area (Å²) in [6, 6.07) is 4.44. The van der Waals surface area contributed by atoms with Gasteiger partial charge in [-0.2, -0.15) is 0 Å². The fourth-order valence-corrected chi connectivity index (χ4v) is 2.05. The Morgan fingerprint density at radius 2 is 1.72 bits per heavy atom. The molecule has 2 heteroatoms. The third-order valence-corrected chi connectivity index (χ3v) is 4.12. The van der Waals surface area contributed by atoms with Crippen LogP contribution in [0.5, 0.6) is 0 Å². The minimum Gasteiger partial charge on any atom is -0.374 e. The SMILES string of the molecule is Cc1ccc(N(C)CCC(C)(C)CN)c(C)c1C. The summed E-state index contributed by atoms with van der Waals surface area (Å²) in [5.41, 5.74) is 11.5. The smallest absolute Gasteiger partial charge is 0.0396 e. The largest absolute Gasteiger partial charge is 0.374 e. The molecule has 0 saturated carbocycles. The molecule has 1 aromatic carbocycles. The molecule has 0 aliphatic carbocycles. The van der Waals surface area contributed by atoms with Crippen LogP contribution in [0.15, 0.2) is 12.1 Å². The van der Waals surface area contributed by atoms with Crippen molar-refractivity contribution in [1.82, 2.24) is 0 Å². The van der Waals surface area contributed by atoms with Crippen LogP contribution >= 0.6 is 0 Å². The molecule has 0 fully saturated rings. The molecule has 0 aliphatic heterocycles. The van der Waals surface area contributed by atoms with Gasteiger partial charge in [-0.3, -0.25) is 0 Å². The zero-order valence-electron chi connectivity index (χ0n) is 12.8. The van der Waals surface area contributed by atoms with Gasteiger partial charge in [0.1, 0.15) is 0 Å². The van der Waals surface area contributed by atoms with E-state index in [0.29, 0.717) is 0 Å². The van der Waals surface area contributed by atoms with E-state index in [2.05, 4.69) is 58.7 Å². The van der Waals surface area contributed by atoms with E-state index in [4.69, 9.17) is 5.73 Å². The lowest BCUT2D eigenvalue weighted by Crippen LogP contribution is -2.30. The van der Waals surface area contributed by atoms with Crippen molar-refractivity contribution in [3.8, 4) is 0 Å². The minimum atomic E-state index is 0.224. The molecule has 2 nitrogen and oxygen atoms in total. The maximum Gasteiger partial charge on any atom is 0.0396 e. The summed E-state index contributed by atoms with van der Waals surface area (Å²) in [4.78, 5) is 2.35. The maximum absolute atomic E-state index is 5.79. The molecule has 0 radical (unpaired) electrons. The van der Waals surface area contributed by atoms with Crippen LogP contribution in [0.1, 0.15) is 37.0 Å². The number of hydrogen-bond donors (Lipinski definition) is 1. The molecule has 18 heavy (non-hydrogen) atoms. The molecular formula is C16H28N2. The molecule has 0 aromatic heterocycles. The van der Waals surface area contributed by atoms with E-state index in [1.807, 2.05) is 0 Å². The number of nitrogens with zero attached hydrogens (tertiary/aromatic N) is 1. The number of rotatable bonds is 5. The molecule has 102 valence electrons. The van der Waals surface area contributed by atoms with Gasteiger partial charge in [-0.05, 0) is 61.9 Å². The van der Waals surface area contributed by atoms with E-state index in [-0.39, 0.29) is 5.41 Å². The second-order valence-electron chi connectivity index (χ2n) is 6.19. The van der Waals surface area contributed by atoms with Gasteiger partial charge in [0.25, 0.3) is 0 Å². The predicted octanol–water partition coefficient (Wildman–Crippen LogP) is 3.42. The van der Waals surface area contributed by atoms with E-state index in [1.54, 1.807) is 0 Å². The van der Waals surface area contributed by atoms with E-state index in [9.17, 15) is 0 Å². The minimum absolute atomic E-state index is 0.224. The Hall–Kier alpha value is -1.02. The van der Waals surface area contributed by atoms with Crippen LogP contribution < -0.4 is 10.6 Å². The van der Waals surface area contributed by atoms with E-state index >= 15 is 0 Å². The topological polar surface area (TPSA) is 29.3 Å². The normalized spacial score (nSPS) is 11.7. The molecule has 0 aliphatic rings. The van der Waals surface area contributed by atoms with Gasteiger partial charge in [0.15, 0.2) is 0 Å². The first-order valence-corrected chi connectivity index (χ1v) is 6.76. The van der Waals surface area contributed by atoms with Crippen LogP contribution in [0.2, 0.25) is 0 Å². The molecule has 1 rings (SSSR count). The summed E-state index contributed by atoms with van der Waals surface area (Å²) in [6.07, 6.45) is 1.12. The van der Waals surface area contributed by atoms with Crippen molar-refractivity contribution in [3.05, 3.63) is 28.8 Å². The number of hydrogen-bond acceptors (Lipinski definition) is 2. The average Bonchev–Trinajstić information content (AvgIpc) is 2.33. The summed E-state index contributed by atoms with van der Waals surface area (Å²) in [5, 5.41) is 0. The van der Waals surface area contributed by atoms with Crippen molar-refractivity contribution < 1.29 is 0 Å². The highest BCUT2D eigenvalue weighted by atomic mass is 15.1. The Balaban J connectivity index is 2.79. The van der Waals surface area contributed by atoms with Crippen molar-refractivity contribution in [3.63, 3.8) is 0 Å². The first-order valence-electron chi connectivity index (χ1n) is 6.76. The molecule has 1 aromatic rings. The van der Waals surface area contributed by atoms with Crippen LogP contribution in [-0.4, -0.2) is 20.1 Å². The maximum atomic E-state index is 5.79. The summed E-state index contributed by atoms with van der Waals surface area (Å²) < 4.78 is 0. The fraction of sp³-hybridized carbons (Fsp3) is 0.625. The Kier molecular flexibility index (Phi) is 4.80. The third-order valence-electron chi connectivity index (χ3n) is 4.12. The number of nitrogens with two attached hydrogens (primary N) is 1. The molecule has 0 unspecified atom stereocenters. The lowest BCUT2D eigenvalue weighted by Gasteiger charge is -2.28. The van der Waals surface area contributed by atoms with Gasteiger partial charge in [0, 0.05) is 19.3 Å². The lowest BCUT2D eigenvalue weighted by atomic mass is 9.89. The molecule has 0 amide bonds. The zero-order valence-corrected chi connectivity index (χ0v) is 12.8. The highest BCUT2D eigenvalue weighted by molar-refractivity contribution is 5.57. The van der Waals surface area contributed by atoms with E-state index in [1.165, 1.54) is 22.4 Å². The first-order chi connectivity index (χ1) is 8.28. The molecule has 0 spiro atoms. The van der Waals surface area contributed by atoms with Gasteiger partial charge in [-0.15, -0.1) is 0 Å². The number of aryl methyl sites for hydroxylation is 1. The average molecular weight is 248 g/mol. The second kappa shape index (κ2) is 5.75. The molecule has 0 bridgehead atoms. The Bertz CT molecular complexity index is 408. The van der Waals surface area contributed by atoms with Crippen LogP contribution in [0.3, 0.4) is 0 Å². The standard InChI is InChI=1S/C16H28N2/c1-12-7-8-15(14(3)13(12)2)18(6)10-9-16(4,5)11-17/h7-8H,9-11,17H2,1-6H3. The Morgan fingerprint density at radius 1 is 1.11 bits per heavy atom. The van der Waals surface area contributed by atoms with Crippen molar-refractivity contribution in [1.29, 1.82) is 0 Å². The van der Waals surface area contributed by atoms with Crippen molar-refractivity contribution >= 4 is 5.69 Å². The summed E-state index contributed by atoms with van der Waals surface area (Å²) in [5.74, 6) is 0. The van der Waals surface area contributed by atoms with Crippen molar-refractivity contribution in [2.24, 2.45) is 11.1 Å². The Labute approximate surface area is 112 Å². The zero-order chi connectivity index (χ0) is 13.9. The Morgan fingerprint density at radius 3 is 2.28 bits per heavy atom. The van der Waals surface area contributed by atoms with Gasteiger partial charge in [0.2, 0.25) is 0 Å². The molecule has 0 saturated heterocycles. The summed E-state index contributed by atoms with van der Waals surface area (Å²) in [7, 11) is 2.17. The number of anilines is 1. The van der Waals surface area contributed by atoms with Crippen LogP contribution in [0, 0.1) is 26.2 Å². The molecule has 2 N–H and O–H groups in total. The molecule has 0 atom stereocenters. The van der Waals surface area contributed by atoms with Crippen molar-refractivity contribution in [2.45, 2.75) is 41.0 Å². The monoisotopic (exact) mass is 248 g/mol. The predicted molar refractivity (Wildman–Crippen MR) is 81.4 cm³/mol. The first kappa shape index (κ1) is 15.0. The summed E-state index contributed by atoms with van der Waals surface area (Å²) >= 11 is 0. The quantitative estimate of drug-likeness (QED) is 0.865. The fourth-order valence-electron chi connectivity index (χ4n) is 2.05. The second-order valence-corrected chi connectivity index (χ2v) is 6.19. The number of benzene rings is 1. The van der Waals surface area contributed by atoms with Crippen molar-refractivity contribution in [2.75, 3.05) is 25.0 Å². The van der Waals surface area contributed by atoms with Gasteiger partial charge < -0.3 is 10.6 Å². The molecular weight excluding hydrogens is 220 g/mol. The summed E-state index contributed by atoms with van der Waals surface area (Å²) in [6.45, 7) is 12.8. The highest BCUT2D eigenvalue weighted by Crippen LogP contribution is 2.26. The van der Waals surface area contributed by atoms with Gasteiger partial charge in [-0.25, -0.2) is 0 Å². The van der Waals surface area contributed by atoms with Crippen LogP contribution in [-0.2, 0) is 0 Å². The van der Waals surface area contributed by atoms with Gasteiger partial charge in [0.05, 0.1) is 0 Å². The van der Waals surface area contributed by atoms with Crippen LogP contribution in [0.4, 0.5) is 5.69 Å². The third kappa shape index (κ3) is 3.49. The van der Waals surface area contributed by atoms with E-state index < -0.39 is 0 Å². The van der Waals surface area contributed by atoms with Gasteiger partial charge >= 0.3 is 0 Å². The lowest BCUT2D eigenvalue weighted by molar-refractivity contribution is 0.351. The molecule has 0 heterocycles. The van der Waals surface area contributed by atoms with Gasteiger partial charge in [-0.1, -0.05) is 19.9 Å². The van der Waals surface area contributed by atoms with E-state index in [0.717, 1.165) is 19.5 Å². The highest BCUT2D eigenvalue weighted by Gasteiger charge is 2.17. The van der Waals surface area contributed by atoms with Crippen LogP contribution in [0.25, 0.3) is 0 Å².